The summed E-state index contributed by atoms with van der Waals surface area (Å²) in [6.45, 7) is 9.08. The minimum Gasteiger partial charge on any atom is -0.484 e. The lowest BCUT2D eigenvalue weighted by atomic mass is 9.97. The van der Waals surface area contributed by atoms with Gasteiger partial charge in [0.1, 0.15) is 12.4 Å². The van der Waals surface area contributed by atoms with E-state index in [1.54, 1.807) is 45.0 Å². The zero-order valence-corrected chi connectivity index (χ0v) is 21.2. The van der Waals surface area contributed by atoms with E-state index in [1.807, 2.05) is 6.07 Å². The molecule has 10 nitrogen and oxygen atoms in total. The fourth-order valence-electron chi connectivity index (χ4n) is 3.59. The number of nitrogens with zero attached hydrogens (tertiary/aromatic N) is 1. The van der Waals surface area contributed by atoms with Crippen LogP contribution in [0.25, 0.3) is 0 Å². The van der Waals surface area contributed by atoms with Gasteiger partial charge in [0.05, 0.1) is 13.0 Å². The lowest BCUT2D eigenvalue weighted by molar-refractivity contribution is -0.268. The Morgan fingerprint density at radius 1 is 1.20 bits per heavy atom. The Morgan fingerprint density at radius 2 is 1.83 bits per heavy atom. The first-order valence-electron chi connectivity index (χ1n) is 11.2. The number of esters is 1. The number of carbonyl (C=O) groups is 3. The molecule has 1 heterocycles. The molecule has 3 atom stereocenters. The molecule has 0 aliphatic carbocycles. The molecule has 194 valence electrons. The van der Waals surface area contributed by atoms with Crippen LogP contribution in [-0.4, -0.2) is 86.2 Å². The number of carbonyl (C=O) groups excluding carboxylic acids is 3. The molecule has 0 radical (unpaired) electrons. The molecule has 1 saturated heterocycles. The molecule has 1 aliphatic rings. The fourth-order valence-corrected chi connectivity index (χ4v) is 3.83. The average Bonchev–Trinajstić information content (AvgIpc) is 2.86. The maximum atomic E-state index is 13.0. The third kappa shape index (κ3) is 7.17. The monoisotopic (exact) mass is 512 g/mol. The molecule has 35 heavy (non-hydrogen) atoms. The number of amides is 2. The number of halogens is 1. The molecule has 11 heteroatoms. The number of β-lactam (4-membered cyclic amide) rings is 1. The molecule has 0 aromatic heterocycles. The van der Waals surface area contributed by atoms with Crippen molar-refractivity contribution in [2.45, 2.75) is 44.9 Å². The van der Waals surface area contributed by atoms with Crippen LogP contribution >= 0.6 is 11.6 Å². The SMILES string of the molecule is C=C(C)C(C(=O)OC)N1C(=O)[C@@H](NC(=O)COc2ccccc2)[C@H]1OCC(CCl)(OCC)OCC. The predicted octanol–water partition coefficient (Wildman–Crippen LogP) is 1.86. The highest BCUT2D eigenvalue weighted by atomic mass is 35.5. The van der Waals surface area contributed by atoms with E-state index in [4.69, 9.17) is 35.3 Å². The third-order valence-corrected chi connectivity index (χ3v) is 5.58. The van der Waals surface area contributed by atoms with Crippen LogP contribution in [0, 0.1) is 0 Å². The largest absolute Gasteiger partial charge is 0.484 e. The van der Waals surface area contributed by atoms with E-state index in [0.29, 0.717) is 24.5 Å². The van der Waals surface area contributed by atoms with Crippen LogP contribution in [0.4, 0.5) is 0 Å². The van der Waals surface area contributed by atoms with Gasteiger partial charge in [-0.3, -0.25) is 14.5 Å². The van der Waals surface area contributed by atoms with Gasteiger partial charge in [-0.25, -0.2) is 4.79 Å². The number of nitrogens with one attached hydrogen (secondary N) is 1. The van der Waals surface area contributed by atoms with E-state index in [1.165, 1.54) is 12.0 Å². The first-order chi connectivity index (χ1) is 16.7. The van der Waals surface area contributed by atoms with Gasteiger partial charge in [-0.1, -0.05) is 24.8 Å². The number of methoxy groups -OCH3 is 1. The summed E-state index contributed by atoms with van der Waals surface area (Å²) in [5.41, 5.74) is 0.370. The molecule has 0 spiro atoms. The van der Waals surface area contributed by atoms with Gasteiger partial charge in [-0.05, 0) is 38.5 Å². The molecule has 2 amide bonds. The third-order valence-electron chi connectivity index (χ3n) is 5.17. The number of rotatable bonds is 15. The smallest absolute Gasteiger partial charge is 0.333 e. The van der Waals surface area contributed by atoms with Crippen molar-refractivity contribution in [1.82, 2.24) is 10.2 Å². The zero-order valence-electron chi connectivity index (χ0n) is 20.5. The lowest BCUT2D eigenvalue weighted by Gasteiger charge is -2.50. The summed E-state index contributed by atoms with van der Waals surface area (Å²) in [4.78, 5) is 39.2. The number of ether oxygens (including phenoxy) is 5. The highest BCUT2D eigenvalue weighted by molar-refractivity contribution is 6.18. The van der Waals surface area contributed by atoms with Crippen molar-refractivity contribution in [2.75, 3.05) is 39.4 Å². The predicted molar refractivity (Wildman–Crippen MR) is 128 cm³/mol. The zero-order chi connectivity index (χ0) is 26.0. The molecule has 1 fully saturated rings. The van der Waals surface area contributed by atoms with Crippen molar-refractivity contribution in [3.63, 3.8) is 0 Å². The van der Waals surface area contributed by atoms with E-state index in [-0.39, 0.29) is 19.1 Å². The molecule has 1 N–H and O–H groups in total. The number of para-hydroxylation sites is 1. The molecule has 1 aliphatic heterocycles. The molecule has 1 aromatic carbocycles. The van der Waals surface area contributed by atoms with Gasteiger partial charge in [0, 0.05) is 13.2 Å². The van der Waals surface area contributed by atoms with Gasteiger partial charge < -0.3 is 29.0 Å². The number of hydrogen-bond donors (Lipinski definition) is 1. The van der Waals surface area contributed by atoms with E-state index < -0.39 is 41.9 Å². The molecule has 2 rings (SSSR count). The van der Waals surface area contributed by atoms with Crippen LogP contribution in [-0.2, 0) is 33.3 Å². The quantitative estimate of drug-likeness (QED) is 0.125. The minimum absolute atomic E-state index is 0.0434. The molecule has 1 aromatic rings. The summed E-state index contributed by atoms with van der Waals surface area (Å²) < 4.78 is 27.6. The summed E-state index contributed by atoms with van der Waals surface area (Å²) in [6, 6.07) is 6.60. The van der Waals surface area contributed by atoms with Gasteiger partial charge in [0.15, 0.2) is 24.9 Å². The van der Waals surface area contributed by atoms with Crippen LogP contribution < -0.4 is 10.1 Å². The highest BCUT2D eigenvalue weighted by Crippen LogP contribution is 2.30. The summed E-state index contributed by atoms with van der Waals surface area (Å²) in [7, 11) is 1.21. The van der Waals surface area contributed by atoms with E-state index in [0.717, 1.165) is 0 Å². The van der Waals surface area contributed by atoms with Crippen LogP contribution in [0.5, 0.6) is 5.75 Å². The minimum atomic E-state index is -1.27. The van der Waals surface area contributed by atoms with Gasteiger partial charge in [0.25, 0.3) is 11.8 Å². The van der Waals surface area contributed by atoms with E-state index >= 15 is 0 Å². The number of likely N-dealkylation sites (tertiary alicyclic amines) is 1. The molecule has 0 saturated carbocycles. The summed E-state index contributed by atoms with van der Waals surface area (Å²) >= 11 is 6.11. The molecular formula is C24H33ClN2O8. The Hall–Kier alpha value is -2.66. The first kappa shape index (κ1) is 28.6. The maximum absolute atomic E-state index is 13.0. The molecular weight excluding hydrogens is 480 g/mol. The van der Waals surface area contributed by atoms with Gasteiger partial charge in [-0.2, -0.15) is 0 Å². The highest BCUT2D eigenvalue weighted by Gasteiger charge is 2.55. The summed E-state index contributed by atoms with van der Waals surface area (Å²) in [5, 5.41) is 2.61. The summed E-state index contributed by atoms with van der Waals surface area (Å²) in [5.74, 6) is -2.57. The van der Waals surface area contributed by atoms with Crippen molar-refractivity contribution < 1.29 is 38.1 Å². The topological polar surface area (TPSA) is 113 Å². The molecule has 1 unspecified atom stereocenters. The standard InChI is InChI=1S/C24H33ClN2O8/c1-6-34-24(14-25,35-7-2)15-33-22-19(21(29)27(22)20(16(3)4)23(30)31-5)26-18(28)13-32-17-11-9-8-10-12-17/h8-12,19-20,22H,3,6-7,13-15H2,1-2,4-5H3,(H,26,28)/t19-,20?,22-/m1/s1. The van der Waals surface area contributed by atoms with E-state index in [2.05, 4.69) is 11.9 Å². The van der Waals surface area contributed by atoms with Gasteiger partial charge >= 0.3 is 5.97 Å². The van der Waals surface area contributed by atoms with Crippen molar-refractivity contribution in [3.8, 4) is 5.75 Å². The van der Waals surface area contributed by atoms with Crippen LogP contribution in [0.2, 0.25) is 0 Å². The van der Waals surface area contributed by atoms with E-state index in [9.17, 15) is 14.4 Å². The maximum Gasteiger partial charge on any atom is 0.333 e. The second-order valence-electron chi connectivity index (χ2n) is 7.78. The number of hydrogen-bond acceptors (Lipinski definition) is 8. The second-order valence-corrected chi connectivity index (χ2v) is 8.04. The van der Waals surface area contributed by atoms with Crippen LogP contribution in [0.3, 0.4) is 0 Å². The van der Waals surface area contributed by atoms with Gasteiger partial charge in [-0.15, -0.1) is 11.6 Å². The Bertz CT molecular complexity index is 876. The Morgan fingerprint density at radius 3 is 2.34 bits per heavy atom. The first-order valence-corrected chi connectivity index (χ1v) is 11.7. The fraction of sp³-hybridized carbons (Fsp3) is 0.542. The summed E-state index contributed by atoms with van der Waals surface area (Å²) in [6.07, 6.45) is -1.03. The van der Waals surface area contributed by atoms with Crippen molar-refractivity contribution in [1.29, 1.82) is 0 Å². The van der Waals surface area contributed by atoms with Crippen molar-refractivity contribution >= 4 is 29.4 Å². The Balaban J connectivity index is 2.20. The molecule has 0 bridgehead atoms. The number of benzene rings is 1. The Kier molecular flexibility index (Phi) is 11.0. The second kappa shape index (κ2) is 13.4. The van der Waals surface area contributed by atoms with Crippen LogP contribution in [0.15, 0.2) is 42.5 Å². The van der Waals surface area contributed by atoms with Crippen molar-refractivity contribution in [3.05, 3.63) is 42.5 Å². The van der Waals surface area contributed by atoms with Crippen LogP contribution in [0.1, 0.15) is 20.8 Å². The normalized spacial score (nSPS) is 18.4. The van der Waals surface area contributed by atoms with Crippen molar-refractivity contribution in [2.24, 2.45) is 0 Å². The number of alkyl halides is 1. The average molecular weight is 513 g/mol. The lowest BCUT2D eigenvalue weighted by Crippen LogP contribution is -2.75. The van der Waals surface area contributed by atoms with Gasteiger partial charge in [0.2, 0.25) is 5.79 Å². The Labute approximate surface area is 210 Å².